The zero-order chi connectivity index (χ0) is 18.8. The number of hydrogen-bond acceptors (Lipinski definition) is 4. The summed E-state index contributed by atoms with van der Waals surface area (Å²) < 4.78 is 12.6. The third-order valence-electron chi connectivity index (χ3n) is 5.78. The highest BCUT2D eigenvalue weighted by atomic mass is 35.5. The maximum Gasteiger partial charge on any atom is 0.119 e. The fourth-order valence-electron chi connectivity index (χ4n) is 3.75. The number of hydrogen-bond donors (Lipinski definition) is 0. The first-order valence-electron chi connectivity index (χ1n) is 9.70. The molecule has 0 spiro atoms. The Labute approximate surface area is 167 Å². The number of nitrogens with zero attached hydrogens (tertiary/aromatic N) is 1. The number of piperidine rings is 1. The van der Waals surface area contributed by atoms with Gasteiger partial charge in [-0.05, 0) is 56.5 Å². The summed E-state index contributed by atoms with van der Waals surface area (Å²) in [5.41, 5.74) is -0.0960. The van der Waals surface area contributed by atoms with Gasteiger partial charge < -0.3 is 14.4 Å². The summed E-state index contributed by atoms with van der Waals surface area (Å²) in [6, 6.07) is 7.57. The first-order valence-corrected chi connectivity index (χ1v) is 11.1. The summed E-state index contributed by atoms with van der Waals surface area (Å²) in [6.45, 7) is 13.2. The standard InChI is InChI=1S/C21H32ClNO2S/c1-16-6-5-11-23(12-16)13-19-14-26-21(4,25-19)20(2,3)15-24-18-9-7-17(22)8-10-18/h7-10,16,19H,5-6,11-15H2,1-4H3. The van der Waals surface area contributed by atoms with Gasteiger partial charge in [0.2, 0.25) is 0 Å². The molecule has 0 N–H and O–H groups in total. The van der Waals surface area contributed by atoms with E-state index in [-0.39, 0.29) is 10.3 Å². The van der Waals surface area contributed by atoms with Crippen molar-refractivity contribution >= 4 is 23.4 Å². The van der Waals surface area contributed by atoms with Gasteiger partial charge in [0.05, 0.1) is 12.7 Å². The average Bonchev–Trinajstić information content (AvgIpc) is 2.97. The largest absolute Gasteiger partial charge is 0.493 e. The van der Waals surface area contributed by atoms with Crippen molar-refractivity contribution in [3.8, 4) is 5.75 Å². The molecule has 1 aromatic carbocycles. The molecule has 26 heavy (non-hydrogen) atoms. The molecule has 0 amide bonds. The molecule has 2 aliphatic heterocycles. The predicted molar refractivity (Wildman–Crippen MR) is 111 cm³/mol. The van der Waals surface area contributed by atoms with Crippen molar-refractivity contribution in [1.82, 2.24) is 4.90 Å². The van der Waals surface area contributed by atoms with Gasteiger partial charge in [-0.1, -0.05) is 32.4 Å². The molecular formula is C21H32ClNO2S. The maximum atomic E-state index is 6.58. The van der Waals surface area contributed by atoms with Crippen molar-refractivity contribution in [3.05, 3.63) is 29.3 Å². The van der Waals surface area contributed by atoms with E-state index in [4.69, 9.17) is 21.1 Å². The summed E-state index contributed by atoms with van der Waals surface area (Å²) >= 11 is 7.89. The van der Waals surface area contributed by atoms with Gasteiger partial charge in [0.25, 0.3) is 0 Å². The molecule has 0 radical (unpaired) electrons. The number of halogens is 1. The third kappa shape index (κ3) is 4.89. The van der Waals surface area contributed by atoms with Crippen LogP contribution in [0, 0.1) is 11.3 Å². The van der Waals surface area contributed by atoms with Crippen LogP contribution in [0.3, 0.4) is 0 Å². The molecule has 3 unspecified atom stereocenters. The Morgan fingerprint density at radius 3 is 2.77 bits per heavy atom. The van der Waals surface area contributed by atoms with Gasteiger partial charge >= 0.3 is 0 Å². The topological polar surface area (TPSA) is 21.7 Å². The average molecular weight is 398 g/mol. The molecule has 146 valence electrons. The van der Waals surface area contributed by atoms with E-state index in [0.29, 0.717) is 12.7 Å². The Balaban J connectivity index is 1.54. The van der Waals surface area contributed by atoms with Crippen molar-refractivity contribution in [2.24, 2.45) is 11.3 Å². The summed E-state index contributed by atoms with van der Waals surface area (Å²) in [7, 11) is 0. The molecule has 1 aromatic rings. The minimum absolute atomic E-state index is 0.0960. The molecule has 3 nitrogen and oxygen atoms in total. The summed E-state index contributed by atoms with van der Waals surface area (Å²) in [6.07, 6.45) is 2.99. The third-order valence-corrected chi connectivity index (χ3v) is 7.77. The Hall–Kier alpha value is -0.420. The molecular weight excluding hydrogens is 366 g/mol. The van der Waals surface area contributed by atoms with Gasteiger partial charge in [-0.15, -0.1) is 11.8 Å². The lowest BCUT2D eigenvalue weighted by atomic mass is 9.87. The zero-order valence-corrected chi connectivity index (χ0v) is 18.0. The predicted octanol–water partition coefficient (Wildman–Crippen LogP) is 5.33. The minimum atomic E-state index is -0.231. The van der Waals surface area contributed by atoms with Crippen LogP contribution in [-0.4, -0.2) is 47.9 Å². The SMILES string of the molecule is CC1CCCN(CC2CSC(C)(C(C)(C)COc3ccc(Cl)cc3)O2)C1. The molecule has 2 saturated heterocycles. The van der Waals surface area contributed by atoms with Gasteiger partial charge in [-0.2, -0.15) is 0 Å². The Kier molecular flexibility index (Phi) is 6.49. The molecule has 0 saturated carbocycles. The van der Waals surface area contributed by atoms with Crippen molar-refractivity contribution in [2.75, 3.05) is 32.0 Å². The molecule has 2 heterocycles. The highest BCUT2D eigenvalue weighted by molar-refractivity contribution is 8.00. The fourth-order valence-corrected chi connectivity index (χ4v) is 5.21. The van der Waals surface area contributed by atoms with Crippen LogP contribution >= 0.6 is 23.4 Å². The number of rotatable bonds is 6. The second-order valence-electron chi connectivity index (χ2n) is 8.63. The van der Waals surface area contributed by atoms with Crippen LogP contribution in [0.5, 0.6) is 5.75 Å². The number of likely N-dealkylation sites (tertiary alicyclic amines) is 1. The quantitative estimate of drug-likeness (QED) is 0.647. The first kappa shape index (κ1) is 20.3. The minimum Gasteiger partial charge on any atom is -0.493 e. The second kappa shape index (κ2) is 8.30. The highest BCUT2D eigenvalue weighted by Gasteiger charge is 2.49. The number of ether oxygens (including phenoxy) is 2. The van der Waals surface area contributed by atoms with Crippen molar-refractivity contribution in [1.29, 1.82) is 0 Å². The number of benzene rings is 1. The van der Waals surface area contributed by atoms with E-state index >= 15 is 0 Å². The number of thioether (sulfide) groups is 1. The Morgan fingerprint density at radius 2 is 2.08 bits per heavy atom. The maximum absolute atomic E-state index is 6.58. The Bertz CT molecular complexity index is 594. The smallest absolute Gasteiger partial charge is 0.119 e. The van der Waals surface area contributed by atoms with Crippen molar-refractivity contribution in [3.63, 3.8) is 0 Å². The van der Waals surface area contributed by atoms with E-state index in [9.17, 15) is 0 Å². The van der Waals surface area contributed by atoms with Gasteiger partial charge in [0.15, 0.2) is 0 Å². The molecule has 5 heteroatoms. The highest BCUT2D eigenvalue weighted by Crippen LogP contribution is 2.49. The van der Waals surface area contributed by atoms with E-state index in [2.05, 4.69) is 32.6 Å². The van der Waals surface area contributed by atoms with Crippen molar-refractivity contribution in [2.45, 2.75) is 51.6 Å². The summed E-state index contributed by atoms with van der Waals surface area (Å²) in [4.78, 5) is 2.35. The van der Waals surface area contributed by atoms with Crippen LogP contribution in [-0.2, 0) is 4.74 Å². The molecule has 2 aliphatic rings. The van der Waals surface area contributed by atoms with Gasteiger partial charge in [-0.3, -0.25) is 0 Å². The van der Waals surface area contributed by atoms with Crippen LogP contribution in [0.4, 0.5) is 0 Å². The summed E-state index contributed by atoms with van der Waals surface area (Å²) in [5.74, 6) is 2.73. The van der Waals surface area contributed by atoms with E-state index < -0.39 is 0 Å². The lowest BCUT2D eigenvalue weighted by Gasteiger charge is -2.40. The molecule has 2 fully saturated rings. The second-order valence-corrected chi connectivity index (χ2v) is 10.5. The molecule has 0 aliphatic carbocycles. The monoisotopic (exact) mass is 397 g/mol. The van der Waals surface area contributed by atoms with Crippen LogP contribution < -0.4 is 4.74 Å². The van der Waals surface area contributed by atoms with E-state index in [1.165, 1.54) is 25.9 Å². The fraction of sp³-hybridized carbons (Fsp3) is 0.714. The molecule has 3 atom stereocenters. The van der Waals surface area contributed by atoms with Crippen LogP contribution in [0.15, 0.2) is 24.3 Å². The van der Waals surface area contributed by atoms with Crippen molar-refractivity contribution < 1.29 is 9.47 Å². The lowest BCUT2D eigenvalue weighted by molar-refractivity contribution is -0.0866. The van der Waals surface area contributed by atoms with Gasteiger partial charge in [0.1, 0.15) is 10.7 Å². The summed E-state index contributed by atoms with van der Waals surface area (Å²) in [5, 5.41) is 0.730. The van der Waals surface area contributed by atoms with Crippen LogP contribution in [0.1, 0.15) is 40.5 Å². The van der Waals surface area contributed by atoms with Crippen LogP contribution in [0.25, 0.3) is 0 Å². The van der Waals surface area contributed by atoms with Crippen LogP contribution in [0.2, 0.25) is 5.02 Å². The first-order chi connectivity index (χ1) is 12.3. The van der Waals surface area contributed by atoms with E-state index in [0.717, 1.165) is 29.0 Å². The van der Waals surface area contributed by atoms with Gasteiger partial charge in [-0.25, -0.2) is 0 Å². The Morgan fingerprint density at radius 1 is 1.35 bits per heavy atom. The molecule has 3 rings (SSSR count). The van der Waals surface area contributed by atoms with E-state index in [1.54, 1.807) is 0 Å². The molecule has 0 bridgehead atoms. The molecule has 0 aromatic heterocycles. The zero-order valence-electron chi connectivity index (χ0n) is 16.5. The van der Waals surface area contributed by atoms with E-state index in [1.807, 2.05) is 36.0 Å². The van der Waals surface area contributed by atoms with Gasteiger partial charge in [0, 0.05) is 29.3 Å². The lowest BCUT2D eigenvalue weighted by Crippen LogP contribution is -2.46. The normalized spacial score (nSPS) is 30.5.